The molecule has 0 amide bonds. The van der Waals surface area contributed by atoms with Crippen molar-refractivity contribution in [1.29, 1.82) is 0 Å². The maximum absolute atomic E-state index is 6.27. The largest absolute Gasteiger partial charge is 0.557 e. The molecule has 0 spiro atoms. The van der Waals surface area contributed by atoms with Crippen LogP contribution in [0.5, 0.6) is 0 Å². The van der Waals surface area contributed by atoms with Crippen molar-refractivity contribution in [2.75, 3.05) is 0 Å². The molecule has 0 bridgehead atoms. The van der Waals surface area contributed by atoms with E-state index in [0.29, 0.717) is 0 Å². The highest BCUT2D eigenvalue weighted by Crippen LogP contribution is 2.24. The molecule has 1 fully saturated rings. The molecule has 0 aliphatic carbocycles. The van der Waals surface area contributed by atoms with Gasteiger partial charge >= 0.3 is 0 Å². The Morgan fingerprint density at radius 2 is 1.05 bits per heavy atom. The Morgan fingerprint density at radius 1 is 0.684 bits per heavy atom. The molecule has 1 aliphatic heterocycles. The SMILES string of the molecule is CC1O[B-](c2ccccc2)(c2ccccc2)OC1C. The molecular formula is C16H18BO2-. The minimum atomic E-state index is -1.56. The van der Waals surface area contributed by atoms with Crippen LogP contribution in [0.2, 0.25) is 0 Å². The molecule has 1 aliphatic rings. The van der Waals surface area contributed by atoms with Crippen molar-refractivity contribution in [2.24, 2.45) is 0 Å². The molecule has 2 nitrogen and oxygen atoms in total. The topological polar surface area (TPSA) is 18.5 Å². The Labute approximate surface area is 114 Å². The summed E-state index contributed by atoms with van der Waals surface area (Å²) in [6.45, 7) is 2.58. The minimum Gasteiger partial charge on any atom is -0.557 e. The highest BCUT2D eigenvalue weighted by atomic mass is 16.7. The quantitative estimate of drug-likeness (QED) is 0.763. The summed E-state index contributed by atoms with van der Waals surface area (Å²) in [4.78, 5) is 0. The van der Waals surface area contributed by atoms with Gasteiger partial charge in [-0.25, -0.2) is 0 Å². The molecule has 0 radical (unpaired) electrons. The summed E-state index contributed by atoms with van der Waals surface area (Å²) >= 11 is 0. The van der Waals surface area contributed by atoms with E-state index in [4.69, 9.17) is 9.31 Å². The van der Waals surface area contributed by atoms with Crippen LogP contribution >= 0.6 is 0 Å². The molecule has 1 heterocycles. The van der Waals surface area contributed by atoms with E-state index in [-0.39, 0.29) is 12.2 Å². The van der Waals surface area contributed by atoms with Crippen molar-refractivity contribution in [3.63, 3.8) is 0 Å². The van der Waals surface area contributed by atoms with Gasteiger partial charge in [-0.15, -0.1) is 10.9 Å². The van der Waals surface area contributed by atoms with Crippen LogP contribution in [0.15, 0.2) is 60.7 Å². The van der Waals surface area contributed by atoms with Crippen LogP contribution in [-0.4, -0.2) is 18.8 Å². The minimum absolute atomic E-state index is 0.0976. The van der Waals surface area contributed by atoms with Crippen LogP contribution in [0.4, 0.5) is 0 Å². The second-order valence-electron chi connectivity index (χ2n) is 5.22. The fourth-order valence-corrected chi connectivity index (χ4v) is 2.78. The molecule has 2 aromatic rings. The first-order valence-corrected chi connectivity index (χ1v) is 6.83. The molecule has 2 aromatic carbocycles. The van der Waals surface area contributed by atoms with Gasteiger partial charge in [-0.1, -0.05) is 60.7 Å². The Morgan fingerprint density at radius 3 is 1.42 bits per heavy atom. The molecular weight excluding hydrogens is 235 g/mol. The van der Waals surface area contributed by atoms with E-state index >= 15 is 0 Å². The van der Waals surface area contributed by atoms with Gasteiger partial charge < -0.3 is 9.31 Å². The lowest BCUT2D eigenvalue weighted by atomic mass is 9.46. The summed E-state index contributed by atoms with van der Waals surface area (Å²) in [5.41, 5.74) is 2.20. The van der Waals surface area contributed by atoms with E-state index in [2.05, 4.69) is 38.1 Å². The average Bonchev–Trinajstić information content (AvgIpc) is 2.78. The predicted molar refractivity (Wildman–Crippen MR) is 79.0 cm³/mol. The highest BCUT2D eigenvalue weighted by Gasteiger charge is 2.40. The monoisotopic (exact) mass is 253 g/mol. The molecule has 19 heavy (non-hydrogen) atoms. The zero-order valence-electron chi connectivity index (χ0n) is 11.3. The maximum atomic E-state index is 6.27. The molecule has 0 saturated carbocycles. The lowest BCUT2D eigenvalue weighted by molar-refractivity contribution is 0.187. The van der Waals surface area contributed by atoms with Crippen molar-refractivity contribution >= 4 is 17.5 Å². The fraction of sp³-hybridized carbons (Fsp3) is 0.250. The van der Waals surface area contributed by atoms with E-state index in [0.717, 1.165) is 10.9 Å². The number of rotatable bonds is 2. The fourth-order valence-electron chi connectivity index (χ4n) is 2.78. The third-order valence-corrected chi connectivity index (χ3v) is 3.95. The summed E-state index contributed by atoms with van der Waals surface area (Å²) in [7, 11) is 0. The van der Waals surface area contributed by atoms with Gasteiger partial charge in [0.15, 0.2) is 0 Å². The van der Waals surface area contributed by atoms with E-state index < -0.39 is 6.55 Å². The summed E-state index contributed by atoms with van der Waals surface area (Å²) in [6.07, 6.45) is 0.195. The van der Waals surface area contributed by atoms with Gasteiger partial charge in [0.25, 0.3) is 6.55 Å². The average molecular weight is 253 g/mol. The van der Waals surface area contributed by atoms with E-state index in [1.54, 1.807) is 0 Å². The van der Waals surface area contributed by atoms with Crippen molar-refractivity contribution in [3.8, 4) is 0 Å². The highest BCUT2D eigenvalue weighted by molar-refractivity contribution is 6.93. The Balaban J connectivity index is 2.13. The first kappa shape index (κ1) is 12.5. The van der Waals surface area contributed by atoms with Crippen LogP contribution in [0.25, 0.3) is 0 Å². The van der Waals surface area contributed by atoms with Gasteiger partial charge in [0, 0.05) is 12.2 Å². The first-order chi connectivity index (χ1) is 9.22. The zero-order valence-corrected chi connectivity index (χ0v) is 11.3. The zero-order chi connectivity index (χ0) is 13.3. The molecule has 0 N–H and O–H groups in total. The van der Waals surface area contributed by atoms with Crippen LogP contribution in [0, 0.1) is 0 Å². The van der Waals surface area contributed by atoms with Gasteiger partial charge in [0.05, 0.1) is 0 Å². The molecule has 98 valence electrons. The summed E-state index contributed by atoms with van der Waals surface area (Å²) in [5.74, 6) is 0. The summed E-state index contributed by atoms with van der Waals surface area (Å²) in [6, 6.07) is 20.5. The second kappa shape index (κ2) is 4.84. The summed E-state index contributed by atoms with van der Waals surface area (Å²) in [5, 5.41) is 0. The smallest absolute Gasteiger partial charge is 0.299 e. The first-order valence-electron chi connectivity index (χ1n) is 6.83. The van der Waals surface area contributed by atoms with Crippen LogP contribution in [-0.2, 0) is 9.31 Å². The maximum Gasteiger partial charge on any atom is 0.299 e. The van der Waals surface area contributed by atoms with E-state index in [9.17, 15) is 0 Å². The van der Waals surface area contributed by atoms with E-state index in [1.165, 1.54) is 0 Å². The second-order valence-corrected chi connectivity index (χ2v) is 5.22. The van der Waals surface area contributed by atoms with Crippen molar-refractivity contribution in [3.05, 3.63) is 60.7 Å². The normalized spacial score (nSPS) is 25.4. The van der Waals surface area contributed by atoms with Crippen LogP contribution in [0.3, 0.4) is 0 Å². The van der Waals surface area contributed by atoms with Gasteiger partial charge in [-0.05, 0) is 13.8 Å². The molecule has 3 heteroatoms. The summed E-state index contributed by atoms with van der Waals surface area (Å²) < 4.78 is 12.5. The van der Waals surface area contributed by atoms with Gasteiger partial charge in [0.2, 0.25) is 0 Å². The van der Waals surface area contributed by atoms with Crippen molar-refractivity contribution < 1.29 is 9.31 Å². The van der Waals surface area contributed by atoms with Crippen molar-refractivity contribution in [1.82, 2.24) is 0 Å². The van der Waals surface area contributed by atoms with Crippen LogP contribution in [0.1, 0.15) is 13.8 Å². The number of hydrogen-bond acceptors (Lipinski definition) is 2. The Kier molecular flexibility index (Phi) is 3.17. The molecule has 1 saturated heterocycles. The standard InChI is InChI=1S/C16H18BO2/c1-13-14(2)19-17(18-13,15-9-5-3-6-10-15)16-11-7-4-8-12-16/h3-14H,1-2H3/q-1. The van der Waals surface area contributed by atoms with Gasteiger partial charge in [-0.3, -0.25) is 0 Å². The lowest BCUT2D eigenvalue weighted by Crippen LogP contribution is -2.60. The third kappa shape index (κ3) is 2.09. The van der Waals surface area contributed by atoms with Crippen molar-refractivity contribution in [2.45, 2.75) is 26.1 Å². The molecule has 2 unspecified atom stereocenters. The van der Waals surface area contributed by atoms with Gasteiger partial charge in [0.1, 0.15) is 0 Å². The predicted octanol–water partition coefficient (Wildman–Crippen LogP) is 2.07. The Hall–Kier alpha value is -1.58. The number of benzene rings is 2. The molecule has 3 rings (SSSR count). The number of hydrogen-bond donors (Lipinski definition) is 0. The van der Waals surface area contributed by atoms with E-state index in [1.807, 2.05) is 36.4 Å². The van der Waals surface area contributed by atoms with Crippen LogP contribution < -0.4 is 10.9 Å². The third-order valence-electron chi connectivity index (χ3n) is 3.95. The lowest BCUT2D eigenvalue weighted by Gasteiger charge is -2.37. The Bertz CT molecular complexity index is 490. The van der Waals surface area contributed by atoms with Gasteiger partial charge in [-0.2, -0.15) is 0 Å². The molecule has 2 atom stereocenters. The molecule has 0 aromatic heterocycles.